The van der Waals surface area contributed by atoms with Crippen LogP contribution in [0.4, 0.5) is 5.82 Å². The van der Waals surface area contributed by atoms with E-state index in [2.05, 4.69) is 5.32 Å². The number of aliphatic hydroxyl groups excluding tert-OH is 1. The summed E-state index contributed by atoms with van der Waals surface area (Å²) in [4.78, 5) is 5.61. The van der Waals surface area contributed by atoms with Crippen LogP contribution in [0.25, 0.3) is 10.9 Å². The van der Waals surface area contributed by atoms with Gasteiger partial charge >= 0.3 is 0 Å². The average Bonchev–Trinajstić information content (AvgIpc) is 3.08. The maximum absolute atomic E-state index is 12.7. The van der Waals surface area contributed by atoms with E-state index >= 15 is 0 Å². The lowest BCUT2D eigenvalue weighted by Gasteiger charge is -2.41. The molecule has 1 fully saturated rings. The fraction of sp³-hybridized carbons (Fsp3) is 0.318. The van der Waals surface area contributed by atoms with Gasteiger partial charge in [-0.3, -0.25) is 4.21 Å². The Balaban J connectivity index is 1.56. The first-order valence-corrected chi connectivity index (χ1v) is 11.4. The first kappa shape index (κ1) is 18.9. The first-order chi connectivity index (χ1) is 14.1. The van der Waals surface area contributed by atoms with E-state index < -0.39 is 10.8 Å². The highest BCUT2D eigenvalue weighted by molar-refractivity contribution is 7.85. The van der Waals surface area contributed by atoms with Gasteiger partial charge in [-0.05, 0) is 67.6 Å². The molecule has 0 saturated heterocycles. The van der Waals surface area contributed by atoms with Crippen molar-refractivity contribution >= 4 is 39.1 Å². The Labute approximate surface area is 176 Å². The van der Waals surface area contributed by atoms with Crippen molar-refractivity contribution in [3.8, 4) is 11.5 Å². The van der Waals surface area contributed by atoms with Gasteiger partial charge in [-0.15, -0.1) is 0 Å². The normalized spacial score (nSPS) is 19.6. The fourth-order valence-corrected chi connectivity index (χ4v) is 5.57. The molecule has 2 aromatic carbocycles. The van der Waals surface area contributed by atoms with Gasteiger partial charge < -0.3 is 15.2 Å². The molecule has 150 valence electrons. The van der Waals surface area contributed by atoms with Crippen LogP contribution in [0.2, 0.25) is 5.02 Å². The molecular weight excluding hydrogens is 408 g/mol. The minimum Gasteiger partial charge on any atom is -0.457 e. The summed E-state index contributed by atoms with van der Waals surface area (Å²) in [6.07, 6.45) is 3.62. The predicted octanol–water partition coefficient (Wildman–Crippen LogP) is 4.67. The van der Waals surface area contributed by atoms with Crippen LogP contribution in [-0.2, 0) is 17.2 Å². The summed E-state index contributed by atoms with van der Waals surface area (Å²) >= 11 is 5.94. The highest BCUT2D eigenvalue weighted by Gasteiger charge is 2.38. The molecular formula is C22H21ClN2O3S. The third-order valence-electron chi connectivity index (χ3n) is 5.83. The van der Waals surface area contributed by atoms with E-state index in [1.165, 1.54) is 0 Å². The number of nitrogens with zero attached hydrogens (tertiary/aromatic N) is 1. The maximum Gasteiger partial charge on any atom is 0.143 e. The number of fused-ring (bicyclic) bond motifs is 3. The molecule has 1 aromatic heterocycles. The Morgan fingerprint density at radius 3 is 2.62 bits per heavy atom. The number of rotatable bonds is 5. The van der Waals surface area contributed by atoms with Crippen molar-refractivity contribution in [3.63, 3.8) is 0 Å². The summed E-state index contributed by atoms with van der Waals surface area (Å²) in [6.45, 7) is 0.0494. The van der Waals surface area contributed by atoms with E-state index in [9.17, 15) is 9.32 Å². The maximum atomic E-state index is 12.7. The molecule has 1 saturated carbocycles. The zero-order chi connectivity index (χ0) is 20.0. The molecule has 1 atom stereocenters. The number of aromatic nitrogens is 1. The standard InChI is InChI=1S/C22H21ClN2O3S/c23-14-2-4-15(5-3-14)28-16-6-7-17-18-8-11-29(27)20(18)21(24-19(17)12-16)25-22(13-26)9-1-10-22/h2-7,12,26H,1,8-11,13H2,(H,24,25). The van der Waals surface area contributed by atoms with Gasteiger partial charge in [0.15, 0.2) is 0 Å². The van der Waals surface area contributed by atoms with Gasteiger partial charge in [0.2, 0.25) is 0 Å². The molecule has 7 heteroatoms. The Morgan fingerprint density at radius 2 is 1.93 bits per heavy atom. The molecule has 0 bridgehead atoms. The van der Waals surface area contributed by atoms with Crippen LogP contribution in [0.15, 0.2) is 47.4 Å². The summed E-state index contributed by atoms with van der Waals surface area (Å²) < 4.78 is 18.6. The second-order valence-corrected chi connectivity index (χ2v) is 9.66. The van der Waals surface area contributed by atoms with Crippen molar-refractivity contribution in [1.29, 1.82) is 0 Å². The molecule has 1 unspecified atom stereocenters. The topological polar surface area (TPSA) is 71.5 Å². The SMILES string of the molecule is O=S1CCc2c1c(NC1(CO)CCC1)nc1cc(Oc3ccc(Cl)cc3)ccc21. The van der Waals surface area contributed by atoms with E-state index in [4.69, 9.17) is 21.3 Å². The van der Waals surface area contributed by atoms with E-state index in [1.54, 1.807) is 12.1 Å². The summed E-state index contributed by atoms with van der Waals surface area (Å²) in [5.41, 5.74) is 1.53. The molecule has 1 aliphatic carbocycles. The molecule has 5 nitrogen and oxygen atoms in total. The summed E-state index contributed by atoms with van der Waals surface area (Å²) in [6, 6.07) is 13.0. The third-order valence-corrected chi connectivity index (χ3v) is 7.55. The molecule has 1 aliphatic heterocycles. The Hall–Kier alpha value is -2.15. The zero-order valence-electron chi connectivity index (χ0n) is 15.8. The minimum atomic E-state index is -1.07. The van der Waals surface area contributed by atoms with Crippen molar-refractivity contribution in [1.82, 2.24) is 4.98 Å². The summed E-state index contributed by atoms with van der Waals surface area (Å²) in [5, 5.41) is 15.0. The highest BCUT2D eigenvalue weighted by Crippen LogP contribution is 2.40. The number of hydrogen-bond donors (Lipinski definition) is 2. The van der Waals surface area contributed by atoms with Crippen molar-refractivity contribution in [3.05, 3.63) is 53.1 Å². The van der Waals surface area contributed by atoms with Crippen LogP contribution in [0.5, 0.6) is 11.5 Å². The summed E-state index contributed by atoms with van der Waals surface area (Å²) in [7, 11) is -1.07. The number of anilines is 1. The Morgan fingerprint density at radius 1 is 1.17 bits per heavy atom. The monoisotopic (exact) mass is 428 g/mol. The minimum absolute atomic E-state index is 0.0494. The number of benzene rings is 2. The van der Waals surface area contributed by atoms with Gasteiger partial charge in [-0.2, -0.15) is 0 Å². The van der Waals surface area contributed by atoms with E-state index in [-0.39, 0.29) is 12.1 Å². The molecule has 0 radical (unpaired) electrons. The van der Waals surface area contributed by atoms with Gasteiger partial charge in [-0.25, -0.2) is 4.98 Å². The number of halogens is 1. The van der Waals surface area contributed by atoms with Crippen molar-refractivity contribution in [2.45, 2.75) is 36.1 Å². The van der Waals surface area contributed by atoms with E-state index in [1.807, 2.05) is 30.3 Å². The second-order valence-electron chi connectivity index (χ2n) is 7.72. The Kier molecular flexibility index (Phi) is 4.73. The molecule has 5 rings (SSSR count). The smallest absolute Gasteiger partial charge is 0.143 e. The number of pyridine rings is 1. The molecule has 0 amide bonds. The third kappa shape index (κ3) is 3.39. The number of nitrogens with one attached hydrogen (secondary N) is 1. The van der Waals surface area contributed by atoms with Crippen LogP contribution >= 0.6 is 11.6 Å². The lowest BCUT2D eigenvalue weighted by atomic mass is 9.77. The zero-order valence-corrected chi connectivity index (χ0v) is 17.4. The number of ether oxygens (including phenoxy) is 1. The lowest BCUT2D eigenvalue weighted by Crippen LogP contribution is -2.48. The number of hydrogen-bond acceptors (Lipinski definition) is 5. The summed E-state index contributed by atoms with van der Waals surface area (Å²) in [5.74, 6) is 2.63. The number of aliphatic hydroxyl groups is 1. The van der Waals surface area contributed by atoms with Crippen molar-refractivity contribution in [2.24, 2.45) is 0 Å². The number of aryl methyl sites for hydroxylation is 1. The van der Waals surface area contributed by atoms with Crippen LogP contribution in [0, 0.1) is 0 Å². The van der Waals surface area contributed by atoms with Crippen molar-refractivity contribution in [2.75, 3.05) is 17.7 Å². The van der Waals surface area contributed by atoms with Crippen LogP contribution in [-0.4, -0.2) is 32.2 Å². The van der Waals surface area contributed by atoms with Crippen molar-refractivity contribution < 1.29 is 14.1 Å². The van der Waals surface area contributed by atoms with Gasteiger partial charge in [0.05, 0.1) is 33.4 Å². The van der Waals surface area contributed by atoms with Crippen LogP contribution < -0.4 is 10.1 Å². The average molecular weight is 429 g/mol. The van der Waals surface area contributed by atoms with Gasteiger partial charge in [0.1, 0.15) is 17.3 Å². The molecule has 2 aliphatic rings. The van der Waals surface area contributed by atoms with Gasteiger partial charge in [-0.1, -0.05) is 11.6 Å². The lowest BCUT2D eigenvalue weighted by molar-refractivity contribution is 0.143. The largest absolute Gasteiger partial charge is 0.457 e. The van der Waals surface area contributed by atoms with Crippen LogP contribution in [0.1, 0.15) is 24.8 Å². The molecule has 3 aromatic rings. The molecule has 29 heavy (non-hydrogen) atoms. The quantitative estimate of drug-likeness (QED) is 0.617. The highest BCUT2D eigenvalue weighted by atomic mass is 35.5. The predicted molar refractivity (Wildman–Crippen MR) is 116 cm³/mol. The molecule has 2 heterocycles. The van der Waals surface area contributed by atoms with Crippen LogP contribution in [0.3, 0.4) is 0 Å². The first-order valence-electron chi connectivity index (χ1n) is 9.74. The van der Waals surface area contributed by atoms with E-state index in [0.29, 0.717) is 28.1 Å². The van der Waals surface area contributed by atoms with Gasteiger partial charge in [0, 0.05) is 22.2 Å². The molecule has 2 N–H and O–H groups in total. The van der Waals surface area contributed by atoms with E-state index in [0.717, 1.165) is 47.0 Å². The second kappa shape index (κ2) is 7.27. The Bertz CT molecular complexity index is 1110. The fourth-order valence-electron chi connectivity index (χ4n) is 4.05. The van der Waals surface area contributed by atoms with Gasteiger partial charge in [0.25, 0.3) is 0 Å². The molecule has 0 spiro atoms.